The van der Waals surface area contributed by atoms with Crippen molar-refractivity contribution in [3.05, 3.63) is 127 Å². The van der Waals surface area contributed by atoms with E-state index in [0.29, 0.717) is 0 Å². The van der Waals surface area contributed by atoms with Crippen LogP contribution < -0.4 is 13.1 Å². The van der Waals surface area contributed by atoms with Crippen LogP contribution in [0.15, 0.2) is 127 Å². The van der Waals surface area contributed by atoms with Crippen LogP contribution in [0.1, 0.15) is 0 Å². The Morgan fingerprint density at radius 1 is 0.290 bits per heavy atom. The van der Waals surface area contributed by atoms with E-state index in [-0.39, 0.29) is 0 Å². The quantitative estimate of drug-likeness (QED) is 0.302. The molecule has 0 radical (unpaired) electrons. The van der Waals surface area contributed by atoms with Gasteiger partial charge < -0.3 is 0 Å². The Bertz CT molecular complexity index is 1340. The van der Waals surface area contributed by atoms with Crippen LogP contribution in [0.5, 0.6) is 0 Å². The molecular weight excluding hydrogens is 435 g/mol. The average Bonchev–Trinajstić information content (AvgIpc) is 2.85. The SMILES string of the molecule is c1ccc2c([As](c3cccc4ccccc34)c3cccc4ccccc34)cccc2c1. The van der Waals surface area contributed by atoms with E-state index in [9.17, 15) is 0 Å². The molecule has 0 saturated carbocycles. The standard InChI is InChI=1S/C30H21As/c1-4-16-25-22(10-1)13-7-19-28(25)31(29-20-8-14-23-11-2-5-17-26(23)29)30-21-9-15-24-12-3-6-18-27(24)30/h1-21H. The van der Waals surface area contributed by atoms with E-state index < -0.39 is 14.7 Å². The number of hydrogen-bond acceptors (Lipinski definition) is 0. The fraction of sp³-hybridized carbons (Fsp3) is 0. The molecule has 0 nitrogen and oxygen atoms in total. The molecule has 0 saturated heterocycles. The first kappa shape index (κ1) is 18.4. The maximum atomic E-state index is 2.37. The third kappa shape index (κ3) is 3.16. The van der Waals surface area contributed by atoms with E-state index in [2.05, 4.69) is 127 Å². The second kappa shape index (κ2) is 7.73. The van der Waals surface area contributed by atoms with E-state index in [1.807, 2.05) is 0 Å². The minimum absolute atomic E-state index is 1.32. The molecule has 0 bridgehead atoms. The Balaban J connectivity index is 1.75. The summed E-state index contributed by atoms with van der Waals surface area (Å²) in [4.78, 5) is 0. The normalized spacial score (nSPS) is 11.5. The molecule has 0 amide bonds. The van der Waals surface area contributed by atoms with Gasteiger partial charge in [-0.05, 0) is 0 Å². The third-order valence-corrected chi connectivity index (χ3v) is 11.5. The van der Waals surface area contributed by atoms with Crippen molar-refractivity contribution in [2.45, 2.75) is 0 Å². The molecule has 1 heteroatoms. The molecule has 0 N–H and O–H groups in total. The van der Waals surface area contributed by atoms with E-state index >= 15 is 0 Å². The zero-order valence-electron chi connectivity index (χ0n) is 17.1. The minimum atomic E-state index is -1.85. The molecule has 0 spiro atoms. The first-order valence-electron chi connectivity index (χ1n) is 10.6. The van der Waals surface area contributed by atoms with Gasteiger partial charge in [-0.2, -0.15) is 0 Å². The molecule has 31 heavy (non-hydrogen) atoms. The molecule has 146 valence electrons. The Morgan fingerprint density at radius 3 is 0.935 bits per heavy atom. The summed E-state index contributed by atoms with van der Waals surface area (Å²) in [5.41, 5.74) is 0. The molecule has 0 atom stereocenters. The van der Waals surface area contributed by atoms with Crippen LogP contribution in [0.25, 0.3) is 32.3 Å². The zero-order valence-corrected chi connectivity index (χ0v) is 18.9. The summed E-state index contributed by atoms with van der Waals surface area (Å²) in [6.45, 7) is 0. The Kier molecular flexibility index (Phi) is 4.59. The zero-order chi connectivity index (χ0) is 20.6. The predicted molar refractivity (Wildman–Crippen MR) is 136 cm³/mol. The third-order valence-electron chi connectivity index (χ3n) is 6.02. The molecule has 0 unspecified atom stereocenters. The second-order valence-electron chi connectivity index (χ2n) is 7.83. The van der Waals surface area contributed by atoms with Crippen LogP contribution in [0.4, 0.5) is 0 Å². The Labute approximate surface area is 187 Å². The van der Waals surface area contributed by atoms with E-state index in [1.54, 1.807) is 0 Å². The molecular formula is C30H21As. The van der Waals surface area contributed by atoms with Gasteiger partial charge in [0.2, 0.25) is 0 Å². The van der Waals surface area contributed by atoms with Crippen LogP contribution in [0.3, 0.4) is 0 Å². The van der Waals surface area contributed by atoms with Crippen molar-refractivity contribution in [2.24, 2.45) is 0 Å². The van der Waals surface area contributed by atoms with Crippen molar-refractivity contribution in [1.29, 1.82) is 0 Å². The van der Waals surface area contributed by atoms with E-state index in [0.717, 1.165) is 0 Å². The summed E-state index contributed by atoms with van der Waals surface area (Å²) in [6.07, 6.45) is 0. The van der Waals surface area contributed by atoms with Crippen LogP contribution in [-0.2, 0) is 0 Å². The van der Waals surface area contributed by atoms with Gasteiger partial charge in [0.05, 0.1) is 0 Å². The Hall–Kier alpha value is -3.34. The summed E-state index contributed by atoms with van der Waals surface area (Å²) < 4.78 is 4.50. The van der Waals surface area contributed by atoms with Gasteiger partial charge in [-0.1, -0.05) is 0 Å². The number of benzene rings is 6. The summed E-state index contributed by atoms with van der Waals surface area (Å²) >= 11 is -1.85. The predicted octanol–water partition coefficient (Wildman–Crippen LogP) is 5.66. The van der Waals surface area contributed by atoms with Gasteiger partial charge in [0.1, 0.15) is 0 Å². The monoisotopic (exact) mass is 456 g/mol. The molecule has 0 aliphatic carbocycles. The average molecular weight is 456 g/mol. The molecule has 6 aromatic carbocycles. The molecule has 0 heterocycles. The van der Waals surface area contributed by atoms with Crippen LogP contribution >= 0.6 is 0 Å². The van der Waals surface area contributed by atoms with Crippen molar-refractivity contribution >= 4 is 60.0 Å². The summed E-state index contributed by atoms with van der Waals surface area (Å²) in [5, 5.41) is 8.10. The summed E-state index contributed by atoms with van der Waals surface area (Å²) in [5.74, 6) is 0. The summed E-state index contributed by atoms with van der Waals surface area (Å²) in [7, 11) is 0. The van der Waals surface area contributed by atoms with Crippen molar-refractivity contribution < 1.29 is 0 Å². The molecule has 6 rings (SSSR count). The van der Waals surface area contributed by atoms with Gasteiger partial charge in [-0.25, -0.2) is 0 Å². The van der Waals surface area contributed by atoms with Gasteiger partial charge in [-0.3, -0.25) is 0 Å². The first-order valence-corrected chi connectivity index (χ1v) is 13.4. The van der Waals surface area contributed by atoms with Gasteiger partial charge in [0, 0.05) is 0 Å². The molecule has 0 fully saturated rings. The maximum absolute atomic E-state index is 2.37. The van der Waals surface area contributed by atoms with Gasteiger partial charge >= 0.3 is 187 Å². The molecule has 0 aliphatic heterocycles. The van der Waals surface area contributed by atoms with Gasteiger partial charge in [0.25, 0.3) is 0 Å². The summed E-state index contributed by atoms with van der Waals surface area (Å²) in [6, 6.07) is 47.0. The Morgan fingerprint density at radius 2 is 0.581 bits per heavy atom. The topological polar surface area (TPSA) is 0 Å². The number of rotatable bonds is 3. The van der Waals surface area contributed by atoms with Crippen LogP contribution in [0.2, 0.25) is 0 Å². The second-order valence-corrected chi connectivity index (χ2v) is 12.3. The van der Waals surface area contributed by atoms with E-state index in [1.165, 1.54) is 45.4 Å². The molecule has 6 aromatic rings. The first-order chi connectivity index (χ1) is 15.4. The van der Waals surface area contributed by atoms with Crippen LogP contribution in [-0.4, -0.2) is 14.7 Å². The fourth-order valence-electron chi connectivity index (χ4n) is 4.60. The molecule has 0 aliphatic rings. The van der Waals surface area contributed by atoms with Crippen molar-refractivity contribution in [3.63, 3.8) is 0 Å². The van der Waals surface area contributed by atoms with Crippen molar-refractivity contribution in [2.75, 3.05) is 0 Å². The van der Waals surface area contributed by atoms with Gasteiger partial charge in [0.15, 0.2) is 0 Å². The van der Waals surface area contributed by atoms with Gasteiger partial charge in [-0.15, -0.1) is 0 Å². The van der Waals surface area contributed by atoms with Crippen molar-refractivity contribution in [3.8, 4) is 0 Å². The fourth-order valence-corrected chi connectivity index (χ4v) is 10.5. The van der Waals surface area contributed by atoms with E-state index in [4.69, 9.17) is 0 Å². The number of hydrogen-bond donors (Lipinski definition) is 0. The van der Waals surface area contributed by atoms with Crippen molar-refractivity contribution in [1.82, 2.24) is 0 Å². The van der Waals surface area contributed by atoms with Crippen LogP contribution in [0, 0.1) is 0 Å². The molecule has 0 aromatic heterocycles. The number of fused-ring (bicyclic) bond motifs is 3.